The summed E-state index contributed by atoms with van der Waals surface area (Å²) in [7, 11) is 0. The Morgan fingerprint density at radius 3 is 2.44 bits per heavy atom. The molecule has 1 aliphatic rings. The molecule has 1 aromatic carbocycles. The summed E-state index contributed by atoms with van der Waals surface area (Å²) in [5.41, 5.74) is 1.21. The molecule has 0 bridgehead atoms. The maximum Gasteiger partial charge on any atom is 0.0470 e. The second-order valence-corrected chi connectivity index (χ2v) is 4.67. The van der Waals surface area contributed by atoms with Crippen molar-refractivity contribution in [3.05, 3.63) is 43.0 Å². The van der Waals surface area contributed by atoms with E-state index in [1.165, 1.54) is 37.8 Å². The topological polar surface area (TPSA) is 12.0 Å². The molecule has 0 amide bonds. The van der Waals surface area contributed by atoms with Gasteiger partial charge in [-0.25, -0.2) is 0 Å². The van der Waals surface area contributed by atoms with Crippen molar-refractivity contribution in [2.24, 2.45) is 5.92 Å². The summed E-state index contributed by atoms with van der Waals surface area (Å²) < 4.78 is 0. The first kappa shape index (κ1) is 11.3. The molecule has 2 rings (SSSR count). The van der Waals surface area contributed by atoms with E-state index in [0.29, 0.717) is 6.04 Å². The highest BCUT2D eigenvalue weighted by atomic mass is 14.9. The molecule has 1 nitrogen and oxygen atoms in total. The van der Waals surface area contributed by atoms with E-state index in [0.717, 1.165) is 5.92 Å². The molecular weight excluding hydrogens is 194 g/mol. The van der Waals surface area contributed by atoms with Crippen LogP contribution in [0.3, 0.4) is 0 Å². The van der Waals surface area contributed by atoms with Crippen molar-refractivity contribution in [2.45, 2.75) is 38.1 Å². The minimum Gasteiger partial charge on any atom is -0.379 e. The Hall–Kier alpha value is -1.24. The van der Waals surface area contributed by atoms with Crippen molar-refractivity contribution in [3.8, 4) is 0 Å². The number of anilines is 1. The minimum atomic E-state index is 0.433. The second-order valence-electron chi connectivity index (χ2n) is 4.67. The minimum absolute atomic E-state index is 0.433. The van der Waals surface area contributed by atoms with E-state index in [1.807, 2.05) is 0 Å². The number of benzene rings is 1. The number of hydrogen-bond donors (Lipinski definition) is 1. The highest BCUT2D eigenvalue weighted by Crippen LogP contribution is 2.28. The second kappa shape index (κ2) is 5.74. The fourth-order valence-corrected chi connectivity index (χ4v) is 2.59. The van der Waals surface area contributed by atoms with Gasteiger partial charge in [-0.1, -0.05) is 43.5 Å². The predicted octanol–water partition coefficient (Wildman–Crippen LogP) is 4.23. The SMILES string of the molecule is C=C[C@H](Nc1ccccc1)C1CCCCC1. The zero-order valence-electron chi connectivity index (χ0n) is 9.86. The summed E-state index contributed by atoms with van der Waals surface area (Å²) in [5.74, 6) is 0.770. The van der Waals surface area contributed by atoms with Crippen LogP contribution in [0.4, 0.5) is 5.69 Å². The van der Waals surface area contributed by atoms with Crippen LogP contribution in [0.15, 0.2) is 43.0 Å². The Morgan fingerprint density at radius 2 is 1.81 bits per heavy atom. The third-order valence-electron chi connectivity index (χ3n) is 3.52. The van der Waals surface area contributed by atoms with Gasteiger partial charge in [-0.2, -0.15) is 0 Å². The van der Waals surface area contributed by atoms with E-state index in [-0.39, 0.29) is 0 Å². The molecule has 1 saturated carbocycles. The van der Waals surface area contributed by atoms with Gasteiger partial charge in [-0.3, -0.25) is 0 Å². The van der Waals surface area contributed by atoms with Gasteiger partial charge < -0.3 is 5.32 Å². The molecule has 1 N–H and O–H groups in total. The van der Waals surface area contributed by atoms with Gasteiger partial charge in [0, 0.05) is 11.7 Å². The van der Waals surface area contributed by atoms with Crippen LogP contribution in [0, 0.1) is 5.92 Å². The van der Waals surface area contributed by atoms with Gasteiger partial charge >= 0.3 is 0 Å². The predicted molar refractivity (Wildman–Crippen MR) is 70.6 cm³/mol. The lowest BCUT2D eigenvalue weighted by Gasteiger charge is -2.29. The molecule has 1 heteroatoms. The maximum atomic E-state index is 3.97. The van der Waals surface area contributed by atoms with E-state index < -0.39 is 0 Å². The van der Waals surface area contributed by atoms with Gasteiger partial charge in [0.05, 0.1) is 0 Å². The van der Waals surface area contributed by atoms with Gasteiger partial charge in [0.1, 0.15) is 0 Å². The van der Waals surface area contributed by atoms with Crippen molar-refractivity contribution < 1.29 is 0 Å². The summed E-state index contributed by atoms with van der Waals surface area (Å²) in [6.45, 7) is 3.97. The fraction of sp³-hybridized carbons (Fsp3) is 0.467. The molecule has 0 heterocycles. The Morgan fingerprint density at radius 1 is 1.12 bits per heavy atom. The summed E-state index contributed by atoms with van der Waals surface area (Å²) in [5, 5.41) is 3.58. The van der Waals surface area contributed by atoms with Crippen molar-refractivity contribution >= 4 is 5.69 Å². The van der Waals surface area contributed by atoms with Crippen LogP contribution >= 0.6 is 0 Å². The molecule has 0 aliphatic heterocycles. The highest BCUT2D eigenvalue weighted by molar-refractivity contribution is 5.44. The monoisotopic (exact) mass is 215 g/mol. The first-order valence-electron chi connectivity index (χ1n) is 6.34. The van der Waals surface area contributed by atoms with Crippen molar-refractivity contribution in [1.29, 1.82) is 0 Å². The first-order valence-corrected chi connectivity index (χ1v) is 6.34. The van der Waals surface area contributed by atoms with E-state index in [1.54, 1.807) is 0 Å². The molecule has 1 atom stereocenters. The van der Waals surface area contributed by atoms with E-state index in [2.05, 4.69) is 48.3 Å². The highest BCUT2D eigenvalue weighted by Gasteiger charge is 2.20. The van der Waals surface area contributed by atoms with Crippen LogP contribution in [0.1, 0.15) is 32.1 Å². The van der Waals surface area contributed by atoms with Gasteiger partial charge in [-0.15, -0.1) is 6.58 Å². The molecule has 0 radical (unpaired) electrons. The van der Waals surface area contributed by atoms with E-state index >= 15 is 0 Å². The lowest BCUT2D eigenvalue weighted by molar-refractivity contribution is 0.343. The van der Waals surface area contributed by atoms with Crippen LogP contribution in [-0.4, -0.2) is 6.04 Å². The molecule has 0 saturated heterocycles. The van der Waals surface area contributed by atoms with Crippen LogP contribution in [-0.2, 0) is 0 Å². The van der Waals surface area contributed by atoms with Gasteiger partial charge in [-0.05, 0) is 30.9 Å². The quantitative estimate of drug-likeness (QED) is 0.741. The normalized spacial score (nSPS) is 19.0. The number of para-hydroxylation sites is 1. The number of rotatable bonds is 4. The molecule has 16 heavy (non-hydrogen) atoms. The van der Waals surface area contributed by atoms with Crippen LogP contribution in [0.2, 0.25) is 0 Å². The van der Waals surface area contributed by atoms with Crippen LogP contribution in [0.5, 0.6) is 0 Å². The average molecular weight is 215 g/mol. The summed E-state index contributed by atoms with van der Waals surface area (Å²) in [4.78, 5) is 0. The Bertz CT molecular complexity index is 311. The third kappa shape index (κ3) is 2.88. The molecule has 0 unspecified atom stereocenters. The molecule has 1 fully saturated rings. The largest absolute Gasteiger partial charge is 0.379 e. The summed E-state index contributed by atoms with van der Waals surface area (Å²) in [6.07, 6.45) is 8.93. The summed E-state index contributed by atoms with van der Waals surface area (Å²) >= 11 is 0. The third-order valence-corrected chi connectivity index (χ3v) is 3.52. The van der Waals surface area contributed by atoms with Gasteiger partial charge in [0.2, 0.25) is 0 Å². The van der Waals surface area contributed by atoms with Crippen LogP contribution < -0.4 is 5.32 Å². The Labute approximate surface area is 98.6 Å². The zero-order chi connectivity index (χ0) is 11.2. The Kier molecular flexibility index (Phi) is 4.03. The standard InChI is InChI=1S/C15H21N/c1-2-15(13-9-5-3-6-10-13)16-14-11-7-4-8-12-14/h2,4,7-8,11-13,15-16H,1,3,5-6,9-10H2/t15-/m0/s1. The lowest BCUT2D eigenvalue weighted by atomic mass is 9.84. The Balaban J connectivity index is 1.97. The van der Waals surface area contributed by atoms with Crippen LogP contribution in [0.25, 0.3) is 0 Å². The molecule has 86 valence electrons. The molecular formula is C15H21N. The van der Waals surface area contributed by atoms with Gasteiger partial charge in [0.25, 0.3) is 0 Å². The fourth-order valence-electron chi connectivity index (χ4n) is 2.59. The maximum absolute atomic E-state index is 3.97. The van der Waals surface area contributed by atoms with Crippen molar-refractivity contribution in [2.75, 3.05) is 5.32 Å². The molecule has 1 aromatic rings. The molecule has 1 aliphatic carbocycles. The molecule has 0 aromatic heterocycles. The number of nitrogens with one attached hydrogen (secondary N) is 1. The first-order chi connectivity index (χ1) is 7.90. The van der Waals surface area contributed by atoms with Crippen molar-refractivity contribution in [1.82, 2.24) is 0 Å². The zero-order valence-corrected chi connectivity index (χ0v) is 9.86. The van der Waals surface area contributed by atoms with E-state index in [9.17, 15) is 0 Å². The van der Waals surface area contributed by atoms with Gasteiger partial charge in [0.15, 0.2) is 0 Å². The smallest absolute Gasteiger partial charge is 0.0470 e. The lowest BCUT2D eigenvalue weighted by Crippen LogP contribution is -2.28. The molecule has 0 spiro atoms. The van der Waals surface area contributed by atoms with E-state index in [4.69, 9.17) is 0 Å². The van der Waals surface area contributed by atoms with Crippen molar-refractivity contribution in [3.63, 3.8) is 0 Å². The summed E-state index contributed by atoms with van der Waals surface area (Å²) in [6, 6.07) is 10.9. The average Bonchev–Trinajstić information content (AvgIpc) is 2.38. The number of hydrogen-bond acceptors (Lipinski definition) is 1.